The molecule has 0 unspecified atom stereocenters. The topological polar surface area (TPSA) is 61.4 Å². The van der Waals surface area contributed by atoms with Gasteiger partial charge >= 0.3 is 6.18 Å². The van der Waals surface area contributed by atoms with E-state index in [-0.39, 0.29) is 0 Å². The Hall–Kier alpha value is -3.14. The summed E-state index contributed by atoms with van der Waals surface area (Å²) in [6.45, 7) is 1.89. The van der Waals surface area contributed by atoms with Gasteiger partial charge in [0.2, 0.25) is 0 Å². The number of pyridine rings is 2. The van der Waals surface area contributed by atoms with Crippen molar-refractivity contribution in [2.24, 2.45) is 0 Å². The third-order valence-electron chi connectivity index (χ3n) is 3.70. The number of alkyl halides is 3. The van der Waals surface area contributed by atoms with Gasteiger partial charge in [0.05, 0.1) is 5.69 Å². The summed E-state index contributed by atoms with van der Waals surface area (Å²) in [5, 5.41) is 9.15. The predicted octanol–water partition coefficient (Wildman–Crippen LogP) is 4.33. The average Bonchev–Trinajstić information content (AvgIpc) is 3.31. The molecule has 10 heteroatoms. The second-order valence-electron chi connectivity index (χ2n) is 5.82. The van der Waals surface area contributed by atoms with E-state index in [1.807, 2.05) is 37.4 Å². The van der Waals surface area contributed by atoms with Crippen molar-refractivity contribution >= 4 is 11.8 Å². The second-order valence-corrected chi connectivity index (χ2v) is 6.86. The van der Waals surface area contributed by atoms with Crippen LogP contribution in [0.25, 0.3) is 11.6 Å². The molecule has 4 rings (SSSR count). The molecule has 0 saturated carbocycles. The minimum atomic E-state index is -4.49. The maximum Gasteiger partial charge on any atom is 0.435 e. The lowest BCUT2D eigenvalue weighted by atomic mass is 10.4. The lowest BCUT2D eigenvalue weighted by Crippen LogP contribution is -2.07. The number of hydrogen-bond acceptors (Lipinski definition) is 5. The molecule has 4 aromatic rings. The highest BCUT2D eigenvalue weighted by atomic mass is 32.2. The first-order valence-corrected chi connectivity index (χ1v) is 8.98. The molecule has 0 aliphatic heterocycles. The van der Waals surface area contributed by atoms with E-state index in [4.69, 9.17) is 0 Å². The quantitative estimate of drug-likeness (QED) is 0.509. The number of aryl methyl sites for hydroxylation is 1. The van der Waals surface area contributed by atoms with Crippen LogP contribution in [-0.2, 0) is 6.18 Å². The molecule has 0 amide bonds. The first-order valence-electron chi connectivity index (χ1n) is 8.16. The summed E-state index contributed by atoms with van der Waals surface area (Å²) in [6, 6.07) is 13.4. The highest BCUT2D eigenvalue weighted by Crippen LogP contribution is 2.29. The Bertz CT molecular complexity index is 1120. The first kappa shape index (κ1) is 18.2. The van der Waals surface area contributed by atoms with Gasteiger partial charge in [-0.25, -0.2) is 19.3 Å². The van der Waals surface area contributed by atoms with Crippen LogP contribution in [0.5, 0.6) is 0 Å². The fraction of sp³-hybridized carbons (Fsp3) is 0.111. The van der Waals surface area contributed by atoms with Crippen molar-refractivity contribution in [3.63, 3.8) is 0 Å². The van der Waals surface area contributed by atoms with Crippen LogP contribution in [-0.4, -0.2) is 29.5 Å². The van der Waals surface area contributed by atoms with E-state index in [0.717, 1.165) is 16.4 Å². The first-order chi connectivity index (χ1) is 13.4. The van der Waals surface area contributed by atoms with Crippen LogP contribution in [0, 0.1) is 6.92 Å². The van der Waals surface area contributed by atoms with E-state index in [0.29, 0.717) is 21.7 Å². The van der Waals surface area contributed by atoms with E-state index in [1.54, 1.807) is 22.9 Å². The van der Waals surface area contributed by atoms with Crippen molar-refractivity contribution in [1.82, 2.24) is 29.5 Å². The number of halogens is 3. The van der Waals surface area contributed by atoms with Gasteiger partial charge < -0.3 is 0 Å². The summed E-state index contributed by atoms with van der Waals surface area (Å²) in [4.78, 5) is 8.92. The summed E-state index contributed by atoms with van der Waals surface area (Å²) in [5.74, 6) is 0.954. The molecule has 0 aromatic carbocycles. The van der Waals surface area contributed by atoms with Gasteiger partial charge in [0.15, 0.2) is 17.3 Å². The summed E-state index contributed by atoms with van der Waals surface area (Å²) in [5.41, 5.74) is -0.0806. The van der Waals surface area contributed by atoms with E-state index >= 15 is 0 Å². The molecule has 0 aliphatic rings. The maximum atomic E-state index is 12.7. The molecule has 142 valence electrons. The number of rotatable bonds is 4. The van der Waals surface area contributed by atoms with Crippen LogP contribution in [0.15, 0.2) is 71.0 Å². The van der Waals surface area contributed by atoms with Crippen molar-refractivity contribution in [2.45, 2.75) is 23.2 Å². The number of aromatic nitrogens is 6. The minimum absolute atomic E-state index is 0.291. The maximum absolute atomic E-state index is 12.7. The van der Waals surface area contributed by atoms with Crippen molar-refractivity contribution in [1.29, 1.82) is 0 Å². The van der Waals surface area contributed by atoms with Crippen LogP contribution in [0.4, 0.5) is 13.2 Å². The van der Waals surface area contributed by atoms with Gasteiger partial charge in [0.25, 0.3) is 0 Å². The zero-order valence-corrected chi connectivity index (χ0v) is 15.3. The molecule has 6 nitrogen and oxygen atoms in total. The number of nitrogens with zero attached hydrogens (tertiary/aromatic N) is 6. The van der Waals surface area contributed by atoms with E-state index in [2.05, 4.69) is 20.2 Å². The third-order valence-corrected chi connectivity index (χ3v) is 4.57. The molecule has 0 N–H and O–H groups in total. The Balaban J connectivity index is 1.58. The van der Waals surface area contributed by atoms with E-state index in [9.17, 15) is 13.2 Å². The van der Waals surface area contributed by atoms with Crippen LogP contribution in [0.2, 0.25) is 0 Å². The normalized spacial score (nSPS) is 11.7. The lowest BCUT2D eigenvalue weighted by Gasteiger charge is -2.06. The van der Waals surface area contributed by atoms with Crippen molar-refractivity contribution in [2.75, 3.05) is 0 Å². The van der Waals surface area contributed by atoms with Crippen LogP contribution >= 0.6 is 11.8 Å². The highest BCUT2D eigenvalue weighted by molar-refractivity contribution is 7.99. The minimum Gasteiger partial charge on any atom is -0.222 e. The molecule has 0 aliphatic carbocycles. The fourth-order valence-corrected chi connectivity index (χ4v) is 3.22. The molecule has 0 spiro atoms. The van der Waals surface area contributed by atoms with Gasteiger partial charge in [-0.05, 0) is 55.1 Å². The van der Waals surface area contributed by atoms with E-state index in [1.165, 1.54) is 18.0 Å². The monoisotopic (exact) mass is 402 g/mol. The van der Waals surface area contributed by atoms with Gasteiger partial charge in [-0.1, -0.05) is 12.1 Å². The second kappa shape index (κ2) is 7.12. The molecule has 0 bridgehead atoms. The highest BCUT2D eigenvalue weighted by Gasteiger charge is 2.33. The molecule has 4 aromatic heterocycles. The van der Waals surface area contributed by atoms with Crippen LogP contribution < -0.4 is 0 Å². The molecule has 0 radical (unpaired) electrons. The Morgan fingerprint density at radius 1 is 0.786 bits per heavy atom. The summed E-state index contributed by atoms with van der Waals surface area (Å²) >= 11 is 1.30. The van der Waals surface area contributed by atoms with Crippen LogP contribution in [0.3, 0.4) is 0 Å². The Labute approximate surface area is 162 Å². The Morgan fingerprint density at radius 3 is 1.86 bits per heavy atom. The summed E-state index contributed by atoms with van der Waals surface area (Å²) < 4.78 is 41.0. The molecular weight excluding hydrogens is 389 g/mol. The third kappa shape index (κ3) is 3.91. The molecule has 28 heavy (non-hydrogen) atoms. The predicted molar refractivity (Wildman–Crippen MR) is 96.6 cm³/mol. The lowest BCUT2D eigenvalue weighted by molar-refractivity contribution is -0.141. The van der Waals surface area contributed by atoms with Gasteiger partial charge in [0.1, 0.15) is 10.1 Å². The molecule has 0 fully saturated rings. The SMILES string of the molecule is Cc1ccn(-c2cccc(Sc3cccc(-n4ccc(C(F)(F)F)n4)n3)n2)n1. The van der Waals surface area contributed by atoms with Crippen LogP contribution in [0.1, 0.15) is 11.4 Å². The summed E-state index contributed by atoms with van der Waals surface area (Å²) in [7, 11) is 0. The van der Waals surface area contributed by atoms with Gasteiger partial charge in [0, 0.05) is 12.4 Å². The largest absolute Gasteiger partial charge is 0.435 e. The van der Waals surface area contributed by atoms with Gasteiger partial charge in [-0.2, -0.15) is 23.4 Å². The van der Waals surface area contributed by atoms with E-state index < -0.39 is 11.9 Å². The average molecular weight is 402 g/mol. The van der Waals surface area contributed by atoms with Crippen molar-refractivity contribution in [3.8, 4) is 11.6 Å². The Kier molecular flexibility index (Phi) is 4.63. The van der Waals surface area contributed by atoms with Crippen molar-refractivity contribution < 1.29 is 13.2 Å². The van der Waals surface area contributed by atoms with Gasteiger partial charge in [-0.3, -0.25) is 0 Å². The molecule has 0 saturated heterocycles. The zero-order valence-electron chi connectivity index (χ0n) is 14.5. The molecular formula is C18H13F3N6S. The molecule has 0 atom stereocenters. The standard InChI is InChI=1S/C18H13F3N6S/c1-12-8-10-26(24-12)14-4-2-6-16(22-14)28-17-7-3-5-15(23-17)27-11-9-13(25-27)18(19,20)21/h2-11H,1H3. The van der Waals surface area contributed by atoms with Gasteiger partial charge in [-0.15, -0.1) is 0 Å². The fourth-order valence-electron chi connectivity index (χ4n) is 2.43. The smallest absolute Gasteiger partial charge is 0.222 e. The van der Waals surface area contributed by atoms with Crippen molar-refractivity contribution in [3.05, 3.63) is 72.3 Å². The summed E-state index contributed by atoms with van der Waals surface area (Å²) in [6.07, 6.45) is -1.44. The Morgan fingerprint density at radius 2 is 1.36 bits per heavy atom. The molecule has 4 heterocycles. The zero-order chi connectivity index (χ0) is 19.7. The number of hydrogen-bond donors (Lipinski definition) is 0.